The molecule has 0 aliphatic heterocycles. The number of ether oxygens (including phenoxy) is 1. The molecule has 4 aliphatic carbocycles. The van der Waals surface area contributed by atoms with Crippen LogP contribution < -0.4 is 0 Å². The third-order valence-corrected chi connectivity index (χ3v) is 8.59. The molecule has 0 saturated heterocycles. The molecule has 0 bridgehead atoms. The van der Waals surface area contributed by atoms with Crippen LogP contribution in [0, 0.1) is 28.6 Å². The van der Waals surface area contributed by atoms with Crippen LogP contribution in [0.3, 0.4) is 0 Å². The summed E-state index contributed by atoms with van der Waals surface area (Å²) in [7, 11) is 0. The Morgan fingerprint density at radius 1 is 1.11 bits per heavy atom. The second kappa shape index (κ2) is 7.31. The van der Waals surface area contributed by atoms with Crippen LogP contribution in [0.2, 0.25) is 0 Å². The summed E-state index contributed by atoms with van der Waals surface area (Å²) in [6, 6.07) is 0. The summed E-state index contributed by atoms with van der Waals surface area (Å²) in [5.74, 6) is 2.18. The van der Waals surface area contributed by atoms with Gasteiger partial charge in [0.1, 0.15) is 11.9 Å². The third-order valence-electron chi connectivity index (χ3n) is 8.59. The zero-order chi connectivity index (χ0) is 19.9. The van der Waals surface area contributed by atoms with Crippen molar-refractivity contribution in [3.8, 4) is 0 Å². The maximum atomic E-state index is 12.5. The molecule has 6 atom stereocenters. The molecule has 0 N–H and O–H groups in total. The Bertz CT molecular complexity index is 745. The number of hydrogen-bond donors (Lipinski definition) is 0. The second-order valence-corrected chi connectivity index (χ2v) is 9.86. The van der Waals surface area contributed by atoms with Crippen molar-refractivity contribution >= 4 is 11.8 Å². The molecule has 4 rings (SSSR count). The predicted octanol–water partition coefficient (Wildman–Crippen LogP) is 5.56. The Morgan fingerprint density at radius 3 is 2.64 bits per heavy atom. The number of fused-ring (bicyclic) bond motifs is 5. The molecule has 0 heterocycles. The summed E-state index contributed by atoms with van der Waals surface area (Å²) in [4.78, 5) is 24.6. The van der Waals surface area contributed by atoms with Crippen molar-refractivity contribution in [3.05, 3.63) is 36.0 Å². The van der Waals surface area contributed by atoms with Gasteiger partial charge in [0.15, 0.2) is 0 Å². The van der Waals surface area contributed by atoms with Crippen LogP contribution in [-0.2, 0) is 14.3 Å². The number of esters is 1. The van der Waals surface area contributed by atoms with Crippen molar-refractivity contribution in [2.24, 2.45) is 28.6 Å². The first-order valence-corrected chi connectivity index (χ1v) is 11.1. The molecule has 4 aliphatic rings. The van der Waals surface area contributed by atoms with Gasteiger partial charge in [0.25, 0.3) is 0 Å². The Balaban J connectivity index is 1.48. The molecule has 3 saturated carbocycles. The first kappa shape index (κ1) is 19.7. The van der Waals surface area contributed by atoms with Crippen LogP contribution in [0.15, 0.2) is 36.0 Å². The minimum atomic E-state index is -0.237. The average Bonchev–Trinajstić information content (AvgIpc) is 2.97. The molecule has 152 valence electrons. The molecule has 0 aromatic rings. The van der Waals surface area contributed by atoms with Crippen molar-refractivity contribution in [3.63, 3.8) is 0 Å². The van der Waals surface area contributed by atoms with Gasteiger partial charge in [-0.2, -0.15) is 0 Å². The van der Waals surface area contributed by atoms with Gasteiger partial charge >= 0.3 is 5.97 Å². The van der Waals surface area contributed by atoms with E-state index in [-0.39, 0.29) is 22.9 Å². The number of Topliss-reactive ketones (excluding diaryl/α,β-unsaturated/α-hetero) is 1. The Morgan fingerprint density at radius 2 is 1.86 bits per heavy atom. The average molecular weight is 383 g/mol. The predicted molar refractivity (Wildman–Crippen MR) is 111 cm³/mol. The number of carbonyl (C=O) groups excluding carboxylic acids is 2. The molecular formula is C25H34O3. The summed E-state index contributed by atoms with van der Waals surface area (Å²) < 4.78 is 5.72. The van der Waals surface area contributed by atoms with Crippen molar-refractivity contribution in [1.82, 2.24) is 0 Å². The molecule has 3 nitrogen and oxygen atoms in total. The fourth-order valence-corrected chi connectivity index (χ4v) is 6.95. The lowest BCUT2D eigenvalue weighted by Gasteiger charge is -2.56. The van der Waals surface area contributed by atoms with Crippen molar-refractivity contribution in [1.29, 1.82) is 0 Å². The number of allylic oxidation sites excluding steroid dienone is 4. The minimum absolute atomic E-state index is 0.000505. The van der Waals surface area contributed by atoms with Crippen LogP contribution in [-0.4, -0.2) is 17.9 Å². The summed E-state index contributed by atoms with van der Waals surface area (Å²) in [6.45, 7) is 6.61. The molecule has 0 aromatic heterocycles. The lowest BCUT2D eigenvalue weighted by Crippen LogP contribution is -2.50. The molecule has 0 spiro atoms. The van der Waals surface area contributed by atoms with E-state index in [0.29, 0.717) is 23.5 Å². The van der Waals surface area contributed by atoms with E-state index in [1.807, 2.05) is 19.1 Å². The molecular weight excluding hydrogens is 348 g/mol. The summed E-state index contributed by atoms with van der Waals surface area (Å²) in [5.41, 5.74) is 1.66. The maximum Gasteiger partial charge on any atom is 0.331 e. The standard InChI is InChI=1S/C25H34O3/c1-4-5-6-7-23(27)28-18-12-14-24(2)17(16-18)8-9-19-20-10-11-22(26)25(20,3)15-13-21(19)24/h4-8,18-21H,9-16H2,1-3H3/b5-4+,7-6+/t18-,19-,20-,21-,24-,25-/m0/s1. The van der Waals surface area contributed by atoms with E-state index in [9.17, 15) is 9.59 Å². The van der Waals surface area contributed by atoms with Gasteiger partial charge in [-0.3, -0.25) is 4.79 Å². The van der Waals surface area contributed by atoms with Crippen LogP contribution in [0.1, 0.15) is 72.1 Å². The number of carbonyl (C=O) groups is 2. The van der Waals surface area contributed by atoms with Gasteiger partial charge < -0.3 is 4.74 Å². The molecule has 0 radical (unpaired) electrons. The van der Waals surface area contributed by atoms with Gasteiger partial charge in [-0.1, -0.05) is 43.7 Å². The monoisotopic (exact) mass is 382 g/mol. The summed E-state index contributed by atoms with van der Waals surface area (Å²) in [5, 5.41) is 0. The van der Waals surface area contributed by atoms with E-state index in [0.717, 1.165) is 44.9 Å². The molecule has 3 fully saturated rings. The zero-order valence-electron chi connectivity index (χ0n) is 17.6. The molecule has 28 heavy (non-hydrogen) atoms. The van der Waals surface area contributed by atoms with E-state index in [1.54, 1.807) is 6.08 Å². The van der Waals surface area contributed by atoms with Crippen LogP contribution >= 0.6 is 0 Å². The van der Waals surface area contributed by atoms with Crippen LogP contribution in [0.5, 0.6) is 0 Å². The van der Waals surface area contributed by atoms with E-state index in [2.05, 4.69) is 19.9 Å². The molecule has 0 aromatic carbocycles. The molecule has 0 amide bonds. The maximum absolute atomic E-state index is 12.5. The van der Waals surface area contributed by atoms with Crippen molar-refractivity contribution in [2.45, 2.75) is 78.2 Å². The third kappa shape index (κ3) is 3.11. The fraction of sp³-hybridized carbons (Fsp3) is 0.680. The fourth-order valence-electron chi connectivity index (χ4n) is 6.95. The van der Waals surface area contributed by atoms with Gasteiger partial charge in [0.2, 0.25) is 0 Å². The Kier molecular flexibility index (Phi) is 5.14. The highest BCUT2D eigenvalue weighted by molar-refractivity contribution is 5.87. The SMILES string of the molecule is C/C=C/C=C/C(=O)O[C@H]1CC[C@@]2(C)C(=CC[C@@H]3[C@@H]2CC[C@]2(C)C(=O)CC[C@@H]32)C1. The quantitative estimate of drug-likeness (QED) is 0.278. The Hall–Kier alpha value is -1.64. The lowest BCUT2D eigenvalue weighted by atomic mass is 9.48. The van der Waals surface area contributed by atoms with Crippen molar-refractivity contribution in [2.75, 3.05) is 0 Å². The number of rotatable bonds is 3. The highest BCUT2D eigenvalue weighted by Crippen LogP contribution is 2.64. The van der Waals surface area contributed by atoms with Gasteiger partial charge in [0.05, 0.1) is 0 Å². The van der Waals surface area contributed by atoms with Crippen LogP contribution in [0.4, 0.5) is 0 Å². The van der Waals surface area contributed by atoms with Gasteiger partial charge in [-0.05, 0) is 68.6 Å². The lowest BCUT2D eigenvalue weighted by molar-refractivity contribution is -0.145. The number of ketones is 1. The van der Waals surface area contributed by atoms with E-state index >= 15 is 0 Å². The highest BCUT2D eigenvalue weighted by atomic mass is 16.5. The van der Waals surface area contributed by atoms with Gasteiger partial charge in [-0.25, -0.2) is 4.79 Å². The normalized spacial score (nSPS) is 42.8. The van der Waals surface area contributed by atoms with Gasteiger partial charge in [-0.15, -0.1) is 0 Å². The Labute approximate surface area is 169 Å². The minimum Gasteiger partial charge on any atom is -0.459 e. The summed E-state index contributed by atoms with van der Waals surface area (Å²) >= 11 is 0. The molecule has 3 heteroatoms. The highest BCUT2D eigenvalue weighted by Gasteiger charge is 2.58. The largest absolute Gasteiger partial charge is 0.459 e. The zero-order valence-corrected chi connectivity index (χ0v) is 17.6. The second-order valence-electron chi connectivity index (χ2n) is 9.86. The van der Waals surface area contributed by atoms with E-state index in [1.165, 1.54) is 18.1 Å². The first-order chi connectivity index (χ1) is 13.4. The molecule has 0 unspecified atom stereocenters. The number of hydrogen-bond acceptors (Lipinski definition) is 3. The first-order valence-electron chi connectivity index (χ1n) is 11.1. The van der Waals surface area contributed by atoms with E-state index in [4.69, 9.17) is 4.74 Å². The topological polar surface area (TPSA) is 43.4 Å². The summed E-state index contributed by atoms with van der Waals surface area (Å²) in [6.07, 6.45) is 17.6. The van der Waals surface area contributed by atoms with E-state index < -0.39 is 0 Å². The van der Waals surface area contributed by atoms with Crippen LogP contribution in [0.25, 0.3) is 0 Å². The smallest absolute Gasteiger partial charge is 0.331 e. The van der Waals surface area contributed by atoms with Gasteiger partial charge in [0, 0.05) is 24.3 Å². The van der Waals surface area contributed by atoms with Crippen molar-refractivity contribution < 1.29 is 14.3 Å².